The first-order valence-corrected chi connectivity index (χ1v) is 7.84. The van der Waals surface area contributed by atoms with Gasteiger partial charge in [0.25, 0.3) is 0 Å². The number of carbonyl (C=O) groups is 1. The summed E-state index contributed by atoms with van der Waals surface area (Å²) in [7, 11) is 0. The topological polar surface area (TPSA) is 59.8 Å². The largest absolute Gasteiger partial charge is 0.335 e. The number of hydrogen-bond donors (Lipinski definition) is 1. The van der Waals surface area contributed by atoms with E-state index in [4.69, 9.17) is 11.6 Å². The minimum Gasteiger partial charge on any atom is -0.335 e. The number of allylic oxidation sites excluding steroid dienone is 3. The summed E-state index contributed by atoms with van der Waals surface area (Å²) in [6.07, 6.45) is 8.81. The van der Waals surface area contributed by atoms with Gasteiger partial charge in [-0.15, -0.1) is 0 Å². The molecular weight excluding hydrogens is 343 g/mol. The molecule has 0 spiro atoms. The first kappa shape index (κ1) is 16.9. The lowest BCUT2D eigenvalue weighted by molar-refractivity contribution is -0.108. The maximum absolute atomic E-state index is 14.5. The molecule has 0 aliphatic carbocycles. The fourth-order valence-corrected chi connectivity index (χ4v) is 2.66. The van der Waals surface area contributed by atoms with Crippen molar-refractivity contribution in [3.8, 4) is 5.69 Å². The molecule has 0 aliphatic heterocycles. The van der Waals surface area contributed by atoms with Crippen LogP contribution in [0.3, 0.4) is 0 Å². The summed E-state index contributed by atoms with van der Waals surface area (Å²) in [6, 6.07) is 6.22. The number of nitrogens with zero attached hydrogens (tertiary/aromatic N) is 3. The zero-order valence-electron chi connectivity index (χ0n) is 13.3. The van der Waals surface area contributed by atoms with E-state index in [1.54, 1.807) is 41.2 Å². The summed E-state index contributed by atoms with van der Waals surface area (Å²) < 4.78 is 16.2. The Morgan fingerprint density at radius 2 is 2.20 bits per heavy atom. The van der Waals surface area contributed by atoms with Crippen LogP contribution in [0.1, 0.15) is 12.7 Å². The lowest BCUT2D eigenvalue weighted by atomic mass is 10.2. The summed E-state index contributed by atoms with van der Waals surface area (Å²) in [6.45, 7) is 1.83. The van der Waals surface area contributed by atoms with Crippen molar-refractivity contribution >= 4 is 34.6 Å². The van der Waals surface area contributed by atoms with Gasteiger partial charge in [0.15, 0.2) is 0 Å². The highest BCUT2D eigenvalue weighted by atomic mass is 35.5. The van der Waals surface area contributed by atoms with Crippen LogP contribution in [0.25, 0.3) is 22.3 Å². The molecular formula is C18H14ClFN4O. The first-order chi connectivity index (χ1) is 12.2. The third-order valence-electron chi connectivity index (χ3n) is 3.60. The summed E-state index contributed by atoms with van der Waals surface area (Å²) in [5, 5.41) is 2.76. The van der Waals surface area contributed by atoms with Crippen molar-refractivity contribution in [1.82, 2.24) is 19.9 Å². The van der Waals surface area contributed by atoms with Crippen molar-refractivity contribution < 1.29 is 9.18 Å². The highest BCUT2D eigenvalue weighted by molar-refractivity contribution is 6.30. The van der Waals surface area contributed by atoms with Gasteiger partial charge in [0.2, 0.25) is 6.41 Å². The number of pyridine rings is 1. The van der Waals surface area contributed by atoms with Crippen LogP contribution in [0.4, 0.5) is 4.39 Å². The quantitative estimate of drug-likeness (QED) is 0.557. The maximum atomic E-state index is 14.5. The summed E-state index contributed by atoms with van der Waals surface area (Å²) in [5.41, 5.74) is 2.36. The van der Waals surface area contributed by atoms with Gasteiger partial charge in [-0.2, -0.15) is 0 Å². The van der Waals surface area contributed by atoms with Crippen molar-refractivity contribution in [2.45, 2.75) is 6.92 Å². The number of nitrogens with one attached hydrogen (secondary N) is 1. The predicted octanol–water partition coefficient (Wildman–Crippen LogP) is 3.88. The van der Waals surface area contributed by atoms with Crippen LogP contribution in [0.2, 0.25) is 5.02 Å². The Morgan fingerprint density at radius 3 is 2.92 bits per heavy atom. The zero-order chi connectivity index (χ0) is 17.8. The van der Waals surface area contributed by atoms with Gasteiger partial charge in [0.05, 0.1) is 22.9 Å². The molecule has 126 valence electrons. The molecule has 0 unspecified atom stereocenters. The molecule has 0 fully saturated rings. The molecule has 1 amide bonds. The molecule has 7 heteroatoms. The second kappa shape index (κ2) is 7.27. The van der Waals surface area contributed by atoms with Crippen molar-refractivity contribution in [3.63, 3.8) is 0 Å². The number of amides is 1. The second-order valence-electron chi connectivity index (χ2n) is 5.09. The summed E-state index contributed by atoms with van der Waals surface area (Å²) in [5.74, 6) is 0.0537. The number of carbonyl (C=O) groups excluding carboxylic acids is 1. The third-order valence-corrected chi connectivity index (χ3v) is 3.84. The predicted molar refractivity (Wildman–Crippen MR) is 95.8 cm³/mol. The van der Waals surface area contributed by atoms with Crippen molar-refractivity contribution in [2.24, 2.45) is 0 Å². The SMILES string of the molecule is C/C=C(\C=C/NC=O)c1nc2ccncc2n1-c1ccc(Cl)cc1F. The van der Waals surface area contributed by atoms with Crippen LogP contribution < -0.4 is 5.32 Å². The van der Waals surface area contributed by atoms with Gasteiger partial charge < -0.3 is 5.32 Å². The van der Waals surface area contributed by atoms with E-state index in [1.807, 2.05) is 13.0 Å². The number of fused-ring (bicyclic) bond motifs is 1. The van der Waals surface area contributed by atoms with E-state index in [2.05, 4.69) is 15.3 Å². The Balaban J connectivity index is 2.27. The molecule has 1 aromatic carbocycles. The highest BCUT2D eigenvalue weighted by Gasteiger charge is 2.17. The Bertz CT molecular complexity index is 994. The van der Waals surface area contributed by atoms with Crippen LogP contribution in [-0.4, -0.2) is 20.9 Å². The van der Waals surface area contributed by atoms with Gasteiger partial charge in [0, 0.05) is 23.0 Å². The molecule has 1 N–H and O–H groups in total. The van der Waals surface area contributed by atoms with E-state index in [9.17, 15) is 9.18 Å². The van der Waals surface area contributed by atoms with E-state index < -0.39 is 5.82 Å². The lowest BCUT2D eigenvalue weighted by Gasteiger charge is -2.11. The minimum absolute atomic E-state index is 0.311. The monoisotopic (exact) mass is 356 g/mol. The molecule has 0 radical (unpaired) electrons. The Hall–Kier alpha value is -2.99. The van der Waals surface area contributed by atoms with Gasteiger partial charge in [-0.3, -0.25) is 14.3 Å². The van der Waals surface area contributed by atoms with Crippen LogP contribution in [0.15, 0.2) is 55.0 Å². The normalized spacial score (nSPS) is 12.0. The number of aromatic nitrogens is 3. The Kier molecular flexibility index (Phi) is 4.90. The van der Waals surface area contributed by atoms with Crippen molar-refractivity contribution in [3.05, 3.63) is 71.7 Å². The zero-order valence-corrected chi connectivity index (χ0v) is 14.0. The van der Waals surface area contributed by atoms with Gasteiger partial charge in [0.1, 0.15) is 11.6 Å². The molecule has 0 saturated carbocycles. The van der Waals surface area contributed by atoms with E-state index in [0.29, 0.717) is 39.6 Å². The second-order valence-corrected chi connectivity index (χ2v) is 5.53. The molecule has 5 nitrogen and oxygen atoms in total. The third kappa shape index (κ3) is 3.29. The first-order valence-electron chi connectivity index (χ1n) is 7.46. The van der Waals surface area contributed by atoms with E-state index in [1.165, 1.54) is 12.3 Å². The number of benzene rings is 1. The van der Waals surface area contributed by atoms with Crippen molar-refractivity contribution in [1.29, 1.82) is 0 Å². The molecule has 3 aromatic rings. The molecule has 0 saturated heterocycles. The van der Waals surface area contributed by atoms with Crippen LogP contribution in [0.5, 0.6) is 0 Å². The fourth-order valence-electron chi connectivity index (χ4n) is 2.50. The summed E-state index contributed by atoms with van der Waals surface area (Å²) in [4.78, 5) is 19.1. The van der Waals surface area contributed by atoms with E-state index in [0.717, 1.165) is 0 Å². The number of hydrogen-bond acceptors (Lipinski definition) is 3. The van der Waals surface area contributed by atoms with Crippen molar-refractivity contribution in [2.75, 3.05) is 0 Å². The molecule has 25 heavy (non-hydrogen) atoms. The molecule has 0 atom stereocenters. The molecule has 2 heterocycles. The molecule has 0 aliphatic rings. The van der Waals surface area contributed by atoms with Gasteiger partial charge >= 0.3 is 0 Å². The summed E-state index contributed by atoms with van der Waals surface area (Å²) >= 11 is 5.87. The number of imidazole rings is 1. The fraction of sp³-hybridized carbons (Fsp3) is 0.0556. The highest BCUT2D eigenvalue weighted by Crippen LogP contribution is 2.28. The van der Waals surface area contributed by atoms with Gasteiger partial charge in [-0.1, -0.05) is 17.7 Å². The maximum Gasteiger partial charge on any atom is 0.211 e. The Labute approximate surface area is 148 Å². The van der Waals surface area contributed by atoms with Gasteiger partial charge in [-0.25, -0.2) is 9.37 Å². The number of rotatable bonds is 5. The standard InChI is InChI=1S/C18H14ClFN4O/c1-2-12(5-7-22-11-25)18-23-15-6-8-21-10-17(15)24(18)16-4-3-13(19)9-14(16)20/h2-11H,1H3,(H,22,25)/b7-5-,12-2+. The van der Waals surface area contributed by atoms with Crippen LogP contribution >= 0.6 is 11.6 Å². The lowest BCUT2D eigenvalue weighted by Crippen LogP contribution is -2.04. The van der Waals surface area contributed by atoms with E-state index in [-0.39, 0.29) is 0 Å². The van der Waals surface area contributed by atoms with Crippen LogP contribution in [-0.2, 0) is 4.79 Å². The smallest absolute Gasteiger partial charge is 0.211 e. The molecule has 3 rings (SSSR count). The van der Waals surface area contributed by atoms with Gasteiger partial charge in [-0.05, 0) is 37.3 Å². The average Bonchev–Trinajstić information content (AvgIpc) is 2.98. The average molecular weight is 357 g/mol. The van der Waals surface area contributed by atoms with Crippen LogP contribution in [0, 0.1) is 5.82 Å². The molecule has 2 aromatic heterocycles. The Morgan fingerprint density at radius 1 is 1.36 bits per heavy atom. The number of halogens is 2. The molecule has 0 bridgehead atoms. The minimum atomic E-state index is -0.470. The van der Waals surface area contributed by atoms with E-state index >= 15 is 0 Å².